The number of aromatic nitrogens is 1. The third-order valence-corrected chi connectivity index (χ3v) is 4.97. The number of unbranched alkanes of at least 4 members (excludes halogenated alkanes) is 1. The average molecular weight is 331 g/mol. The van der Waals surface area contributed by atoms with Gasteiger partial charge in [0.15, 0.2) is 0 Å². The van der Waals surface area contributed by atoms with Crippen LogP contribution in [0, 0.1) is 12.7 Å². The van der Waals surface area contributed by atoms with E-state index in [4.69, 9.17) is 0 Å². The minimum Gasteiger partial charge on any atom is -0.358 e. The van der Waals surface area contributed by atoms with Crippen molar-refractivity contribution in [2.45, 2.75) is 45.6 Å². The van der Waals surface area contributed by atoms with Gasteiger partial charge in [-0.15, -0.1) is 0 Å². The molecule has 5 heteroatoms. The summed E-state index contributed by atoms with van der Waals surface area (Å²) in [6.07, 6.45) is 4.72. The molecule has 1 fully saturated rings. The smallest absolute Gasteiger partial charge is 0.253 e. The number of benzene rings is 1. The van der Waals surface area contributed by atoms with E-state index in [9.17, 15) is 9.18 Å². The number of hydrogen-bond donors (Lipinski definition) is 2. The normalized spacial score (nSPS) is 18.4. The van der Waals surface area contributed by atoms with Gasteiger partial charge >= 0.3 is 0 Å². The first-order valence-electron chi connectivity index (χ1n) is 8.90. The van der Waals surface area contributed by atoms with Gasteiger partial charge in [-0.25, -0.2) is 4.39 Å². The lowest BCUT2D eigenvalue weighted by Gasteiger charge is -2.24. The lowest BCUT2D eigenvalue weighted by atomic mass is 10.1. The highest BCUT2D eigenvalue weighted by Crippen LogP contribution is 2.23. The van der Waals surface area contributed by atoms with Gasteiger partial charge in [0.2, 0.25) is 0 Å². The van der Waals surface area contributed by atoms with Crippen molar-refractivity contribution < 1.29 is 9.18 Å². The minimum absolute atomic E-state index is 0.119. The number of aromatic amines is 1. The Morgan fingerprint density at radius 1 is 1.46 bits per heavy atom. The van der Waals surface area contributed by atoms with Crippen LogP contribution in [0.5, 0.6) is 0 Å². The number of rotatable bonds is 6. The van der Waals surface area contributed by atoms with Gasteiger partial charge < -0.3 is 10.3 Å². The number of likely N-dealkylation sites (tertiary alicyclic amines) is 1. The predicted octanol–water partition coefficient (Wildman–Crippen LogP) is 3.61. The van der Waals surface area contributed by atoms with Crippen molar-refractivity contribution in [3.05, 3.63) is 35.3 Å². The van der Waals surface area contributed by atoms with Gasteiger partial charge in [0.1, 0.15) is 5.82 Å². The molecule has 2 N–H and O–H groups in total. The van der Waals surface area contributed by atoms with Crippen molar-refractivity contribution in [1.82, 2.24) is 15.2 Å². The molecule has 2 heterocycles. The molecule has 0 saturated carbocycles. The number of amides is 1. The Morgan fingerprint density at radius 3 is 3.08 bits per heavy atom. The van der Waals surface area contributed by atoms with Gasteiger partial charge in [-0.3, -0.25) is 9.69 Å². The van der Waals surface area contributed by atoms with Gasteiger partial charge in [-0.2, -0.15) is 0 Å². The van der Waals surface area contributed by atoms with E-state index in [1.165, 1.54) is 31.4 Å². The lowest BCUT2D eigenvalue weighted by Crippen LogP contribution is -2.40. The largest absolute Gasteiger partial charge is 0.358 e. The maximum Gasteiger partial charge on any atom is 0.253 e. The van der Waals surface area contributed by atoms with Crippen LogP contribution in [0.3, 0.4) is 0 Å². The fourth-order valence-corrected chi connectivity index (χ4v) is 3.67. The van der Waals surface area contributed by atoms with Crippen molar-refractivity contribution in [3.63, 3.8) is 0 Å². The number of carbonyl (C=O) groups is 1. The summed E-state index contributed by atoms with van der Waals surface area (Å²) in [4.78, 5) is 18.3. The summed E-state index contributed by atoms with van der Waals surface area (Å²) in [6.45, 7) is 6.94. The summed E-state index contributed by atoms with van der Waals surface area (Å²) in [6, 6.07) is 4.93. The van der Waals surface area contributed by atoms with Crippen molar-refractivity contribution >= 4 is 16.8 Å². The maximum absolute atomic E-state index is 13.5. The topological polar surface area (TPSA) is 48.1 Å². The summed E-state index contributed by atoms with van der Waals surface area (Å²) in [7, 11) is 0. The zero-order valence-corrected chi connectivity index (χ0v) is 14.5. The molecule has 1 unspecified atom stereocenters. The molecule has 130 valence electrons. The van der Waals surface area contributed by atoms with E-state index in [1.807, 2.05) is 6.92 Å². The zero-order valence-electron chi connectivity index (χ0n) is 14.5. The van der Waals surface area contributed by atoms with E-state index < -0.39 is 0 Å². The standard InChI is InChI=1S/C19H26FN3O/c1-3-4-9-23-10-5-6-15(23)12-21-19(24)18-13(2)22-17-8-7-14(20)11-16(17)18/h7-8,11,15,22H,3-6,9-10,12H2,1-2H3,(H,21,24). The van der Waals surface area contributed by atoms with Crippen LogP contribution in [-0.2, 0) is 0 Å². The highest BCUT2D eigenvalue weighted by molar-refractivity contribution is 6.08. The SMILES string of the molecule is CCCCN1CCCC1CNC(=O)c1c(C)[nH]c2ccc(F)cc12. The Balaban J connectivity index is 1.69. The fraction of sp³-hybridized carbons (Fsp3) is 0.526. The first-order valence-corrected chi connectivity index (χ1v) is 8.90. The number of hydrogen-bond acceptors (Lipinski definition) is 2. The first kappa shape index (κ1) is 17.0. The van der Waals surface area contributed by atoms with Crippen molar-refractivity contribution in [2.24, 2.45) is 0 Å². The molecule has 1 amide bonds. The Kier molecular flexibility index (Phi) is 5.19. The molecule has 1 atom stereocenters. The molecule has 0 radical (unpaired) electrons. The highest BCUT2D eigenvalue weighted by Gasteiger charge is 2.25. The number of fused-ring (bicyclic) bond motifs is 1. The Labute approximate surface area is 142 Å². The third kappa shape index (κ3) is 3.46. The Morgan fingerprint density at radius 2 is 2.29 bits per heavy atom. The molecule has 1 aliphatic heterocycles. The van der Waals surface area contributed by atoms with Crippen LogP contribution in [0.25, 0.3) is 10.9 Å². The third-order valence-electron chi connectivity index (χ3n) is 4.97. The van der Waals surface area contributed by atoms with Crippen LogP contribution in [0.15, 0.2) is 18.2 Å². The molecular weight excluding hydrogens is 305 g/mol. The molecule has 24 heavy (non-hydrogen) atoms. The van der Waals surface area contributed by atoms with Crippen LogP contribution >= 0.6 is 0 Å². The molecule has 1 saturated heterocycles. The van der Waals surface area contributed by atoms with Gasteiger partial charge in [0.05, 0.1) is 5.56 Å². The summed E-state index contributed by atoms with van der Waals surface area (Å²) in [5, 5.41) is 3.71. The van der Waals surface area contributed by atoms with Crippen LogP contribution in [-0.4, -0.2) is 41.5 Å². The summed E-state index contributed by atoms with van der Waals surface area (Å²) >= 11 is 0. The summed E-state index contributed by atoms with van der Waals surface area (Å²) in [5.41, 5.74) is 2.13. The second kappa shape index (κ2) is 7.34. The second-order valence-corrected chi connectivity index (χ2v) is 6.71. The molecular formula is C19H26FN3O. The monoisotopic (exact) mass is 331 g/mol. The molecule has 1 aromatic heterocycles. The van der Waals surface area contributed by atoms with E-state index in [-0.39, 0.29) is 11.7 Å². The molecule has 3 rings (SSSR count). The number of carbonyl (C=O) groups excluding carboxylic acids is 1. The van der Waals surface area contributed by atoms with Crippen LogP contribution < -0.4 is 5.32 Å². The van der Waals surface area contributed by atoms with Gasteiger partial charge in [0.25, 0.3) is 5.91 Å². The van der Waals surface area contributed by atoms with Crippen molar-refractivity contribution in [3.8, 4) is 0 Å². The summed E-state index contributed by atoms with van der Waals surface area (Å²) in [5.74, 6) is -0.441. The highest BCUT2D eigenvalue weighted by atomic mass is 19.1. The average Bonchev–Trinajstić information content (AvgIpc) is 3.13. The Bertz CT molecular complexity index is 725. The quantitative estimate of drug-likeness (QED) is 0.849. The van der Waals surface area contributed by atoms with Crippen molar-refractivity contribution in [2.75, 3.05) is 19.6 Å². The predicted molar refractivity (Wildman–Crippen MR) is 94.8 cm³/mol. The molecule has 0 spiro atoms. The van der Waals surface area contributed by atoms with E-state index in [1.54, 1.807) is 6.07 Å². The second-order valence-electron chi connectivity index (χ2n) is 6.71. The fourth-order valence-electron chi connectivity index (χ4n) is 3.67. The number of halogens is 1. The maximum atomic E-state index is 13.5. The van der Waals surface area contributed by atoms with E-state index in [0.29, 0.717) is 23.5 Å². The van der Waals surface area contributed by atoms with E-state index >= 15 is 0 Å². The molecule has 1 aliphatic rings. The van der Waals surface area contributed by atoms with Crippen LogP contribution in [0.1, 0.15) is 48.7 Å². The Hall–Kier alpha value is -1.88. The molecule has 4 nitrogen and oxygen atoms in total. The first-order chi connectivity index (χ1) is 11.6. The van der Waals surface area contributed by atoms with Crippen LogP contribution in [0.2, 0.25) is 0 Å². The number of H-pyrrole nitrogens is 1. The molecule has 1 aromatic carbocycles. The molecule has 0 aliphatic carbocycles. The molecule has 2 aromatic rings. The van der Waals surface area contributed by atoms with Gasteiger partial charge in [0, 0.05) is 29.2 Å². The molecule has 0 bridgehead atoms. The van der Waals surface area contributed by atoms with E-state index in [2.05, 4.69) is 22.1 Å². The number of aryl methyl sites for hydroxylation is 1. The lowest BCUT2D eigenvalue weighted by molar-refractivity contribution is 0.0941. The minimum atomic E-state index is -0.322. The van der Waals surface area contributed by atoms with Crippen LogP contribution in [0.4, 0.5) is 4.39 Å². The summed E-state index contributed by atoms with van der Waals surface area (Å²) < 4.78 is 13.5. The zero-order chi connectivity index (χ0) is 17.1. The van der Waals surface area contributed by atoms with Gasteiger partial charge in [-0.05, 0) is 57.5 Å². The van der Waals surface area contributed by atoms with Gasteiger partial charge in [-0.1, -0.05) is 13.3 Å². The van der Waals surface area contributed by atoms with E-state index in [0.717, 1.165) is 30.7 Å². The number of nitrogens with one attached hydrogen (secondary N) is 2. The van der Waals surface area contributed by atoms with Crippen molar-refractivity contribution in [1.29, 1.82) is 0 Å². The number of nitrogens with zero attached hydrogens (tertiary/aromatic N) is 1.